The van der Waals surface area contributed by atoms with Crippen LogP contribution in [0.15, 0.2) is 60.1 Å². The number of hydrogen-bond donors (Lipinski definition) is 1. The van der Waals surface area contributed by atoms with Crippen LogP contribution in [0.4, 0.5) is 0 Å². The number of benzene rings is 1. The van der Waals surface area contributed by atoms with Crippen LogP contribution in [0.5, 0.6) is 0 Å². The van der Waals surface area contributed by atoms with Crippen LogP contribution in [0, 0.1) is 0 Å². The van der Waals surface area contributed by atoms with Crippen LogP contribution in [0.3, 0.4) is 0 Å². The maximum atomic E-state index is 3.32. The summed E-state index contributed by atoms with van der Waals surface area (Å²) in [5, 5.41) is 2.10. The highest BCUT2D eigenvalue weighted by atomic mass is 32.1. The molecule has 0 spiro atoms. The second-order valence-electron chi connectivity index (χ2n) is 3.61. The molecule has 1 aromatic carbocycles. The number of rotatable bonds is 2. The van der Waals surface area contributed by atoms with Gasteiger partial charge >= 0.3 is 0 Å². The molecule has 0 saturated carbocycles. The van der Waals surface area contributed by atoms with E-state index in [-0.39, 0.29) is 0 Å². The van der Waals surface area contributed by atoms with Gasteiger partial charge in [0.25, 0.3) is 0 Å². The predicted octanol–water partition coefficient (Wildman–Crippen LogP) is 4.41. The topological polar surface area (TPSA) is 15.8 Å². The zero-order chi connectivity index (χ0) is 10.8. The SMILES string of the molecule is c1ccc(-c2cc[nH]c2-c2cccs2)cc1. The molecule has 0 saturated heterocycles. The fourth-order valence-electron chi connectivity index (χ4n) is 1.85. The molecule has 0 aliphatic heterocycles. The van der Waals surface area contributed by atoms with Gasteiger partial charge in [-0.1, -0.05) is 36.4 Å². The molecule has 0 radical (unpaired) electrons. The molecule has 0 atom stereocenters. The summed E-state index contributed by atoms with van der Waals surface area (Å²) in [7, 11) is 0. The zero-order valence-electron chi connectivity index (χ0n) is 8.68. The van der Waals surface area contributed by atoms with Crippen LogP contribution >= 0.6 is 11.3 Å². The first-order valence-electron chi connectivity index (χ1n) is 5.22. The highest BCUT2D eigenvalue weighted by Gasteiger charge is 2.08. The highest BCUT2D eigenvalue weighted by molar-refractivity contribution is 7.13. The van der Waals surface area contributed by atoms with Crippen LogP contribution in [-0.4, -0.2) is 4.98 Å². The van der Waals surface area contributed by atoms with Crippen molar-refractivity contribution in [3.05, 3.63) is 60.1 Å². The standard InChI is InChI=1S/C14H11NS/c1-2-5-11(6-3-1)12-8-9-15-14(12)13-7-4-10-16-13/h1-10,15H. The molecule has 0 bridgehead atoms. The second-order valence-corrected chi connectivity index (χ2v) is 4.56. The van der Waals surface area contributed by atoms with E-state index in [4.69, 9.17) is 0 Å². The molecule has 3 rings (SSSR count). The van der Waals surface area contributed by atoms with Crippen LogP contribution in [0.2, 0.25) is 0 Å². The number of aromatic amines is 1. The Labute approximate surface area is 98.4 Å². The number of aromatic nitrogens is 1. The van der Waals surface area contributed by atoms with Gasteiger partial charge in [0.1, 0.15) is 0 Å². The van der Waals surface area contributed by atoms with Gasteiger partial charge in [0.15, 0.2) is 0 Å². The van der Waals surface area contributed by atoms with Gasteiger partial charge in [-0.3, -0.25) is 0 Å². The van der Waals surface area contributed by atoms with Crippen molar-refractivity contribution in [2.75, 3.05) is 0 Å². The molecule has 2 heteroatoms. The van der Waals surface area contributed by atoms with Crippen LogP contribution < -0.4 is 0 Å². The summed E-state index contributed by atoms with van der Waals surface area (Å²) in [6.45, 7) is 0. The summed E-state index contributed by atoms with van der Waals surface area (Å²) in [6, 6.07) is 16.8. The summed E-state index contributed by atoms with van der Waals surface area (Å²) >= 11 is 1.76. The normalized spacial score (nSPS) is 10.5. The van der Waals surface area contributed by atoms with Crippen molar-refractivity contribution in [1.29, 1.82) is 0 Å². The minimum absolute atomic E-state index is 1.21. The molecule has 1 N–H and O–H groups in total. The summed E-state index contributed by atoms with van der Waals surface area (Å²) in [4.78, 5) is 4.60. The minimum Gasteiger partial charge on any atom is -0.360 e. The van der Waals surface area contributed by atoms with E-state index in [9.17, 15) is 0 Å². The third-order valence-electron chi connectivity index (χ3n) is 2.60. The maximum Gasteiger partial charge on any atom is 0.0635 e. The second kappa shape index (κ2) is 3.99. The lowest BCUT2D eigenvalue weighted by Gasteiger charge is -2.01. The smallest absolute Gasteiger partial charge is 0.0635 e. The Morgan fingerprint density at radius 2 is 1.75 bits per heavy atom. The van der Waals surface area contributed by atoms with Crippen LogP contribution in [0.1, 0.15) is 0 Å². The van der Waals surface area contributed by atoms with Crippen molar-refractivity contribution in [2.45, 2.75) is 0 Å². The summed E-state index contributed by atoms with van der Waals surface area (Å²) in [5.41, 5.74) is 3.73. The van der Waals surface area contributed by atoms with E-state index in [1.54, 1.807) is 11.3 Å². The van der Waals surface area contributed by atoms with Crippen molar-refractivity contribution in [3.63, 3.8) is 0 Å². The van der Waals surface area contributed by atoms with Crippen molar-refractivity contribution >= 4 is 11.3 Å². The molecule has 0 amide bonds. The molecule has 2 aromatic heterocycles. The summed E-state index contributed by atoms with van der Waals surface area (Å²) < 4.78 is 0. The molecular formula is C14H11NS. The molecule has 0 unspecified atom stereocenters. The molecule has 16 heavy (non-hydrogen) atoms. The van der Waals surface area contributed by atoms with Gasteiger partial charge in [-0.15, -0.1) is 11.3 Å². The lowest BCUT2D eigenvalue weighted by atomic mass is 10.1. The van der Waals surface area contributed by atoms with Gasteiger partial charge in [-0.25, -0.2) is 0 Å². The van der Waals surface area contributed by atoms with E-state index in [2.05, 4.69) is 52.8 Å². The number of H-pyrrole nitrogens is 1. The Balaban J connectivity index is 2.14. The molecule has 78 valence electrons. The molecule has 0 aliphatic carbocycles. The van der Waals surface area contributed by atoms with E-state index in [0.717, 1.165) is 0 Å². The van der Waals surface area contributed by atoms with E-state index in [1.165, 1.54) is 21.7 Å². The summed E-state index contributed by atoms with van der Waals surface area (Å²) in [6.07, 6.45) is 2.00. The first kappa shape index (κ1) is 9.43. The monoisotopic (exact) mass is 225 g/mol. The predicted molar refractivity (Wildman–Crippen MR) is 69.5 cm³/mol. The van der Waals surface area contributed by atoms with Crippen molar-refractivity contribution in [1.82, 2.24) is 4.98 Å². The van der Waals surface area contributed by atoms with Gasteiger partial charge in [0, 0.05) is 11.8 Å². The largest absolute Gasteiger partial charge is 0.360 e. The van der Waals surface area contributed by atoms with Crippen LogP contribution in [-0.2, 0) is 0 Å². The first-order chi connectivity index (χ1) is 7.95. The lowest BCUT2D eigenvalue weighted by molar-refractivity contribution is 1.42. The molecular weight excluding hydrogens is 214 g/mol. The fourth-order valence-corrected chi connectivity index (χ4v) is 2.60. The molecule has 3 aromatic rings. The van der Waals surface area contributed by atoms with E-state index < -0.39 is 0 Å². The lowest BCUT2D eigenvalue weighted by Crippen LogP contribution is -1.78. The Bertz CT molecular complexity index is 564. The van der Waals surface area contributed by atoms with E-state index >= 15 is 0 Å². The Kier molecular flexibility index (Phi) is 2.35. The average molecular weight is 225 g/mol. The molecule has 0 aliphatic rings. The Morgan fingerprint density at radius 3 is 2.50 bits per heavy atom. The third kappa shape index (κ3) is 1.57. The first-order valence-corrected chi connectivity index (χ1v) is 6.10. The molecule has 2 heterocycles. The fraction of sp³-hybridized carbons (Fsp3) is 0. The molecule has 0 fully saturated rings. The maximum absolute atomic E-state index is 3.32. The van der Waals surface area contributed by atoms with E-state index in [1.807, 2.05) is 12.3 Å². The van der Waals surface area contributed by atoms with Gasteiger partial charge in [0.05, 0.1) is 10.6 Å². The number of hydrogen-bond acceptors (Lipinski definition) is 1. The quantitative estimate of drug-likeness (QED) is 0.665. The third-order valence-corrected chi connectivity index (χ3v) is 3.49. The van der Waals surface area contributed by atoms with E-state index in [0.29, 0.717) is 0 Å². The van der Waals surface area contributed by atoms with Crippen molar-refractivity contribution in [3.8, 4) is 21.7 Å². The van der Waals surface area contributed by atoms with Gasteiger partial charge < -0.3 is 4.98 Å². The van der Waals surface area contributed by atoms with Crippen molar-refractivity contribution < 1.29 is 0 Å². The van der Waals surface area contributed by atoms with Gasteiger partial charge in [-0.05, 0) is 23.1 Å². The van der Waals surface area contributed by atoms with Crippen LogP contribution in [0.25, 0.3) is 21.7 Å². The number of nitrogens with one attached hydrogen (secondary N) is 1. The minimum atomic E-state index is 1.21. The van der Waals surface area contributed by atoms with Gasteiger partial charge in [-0.2, -0.15) is 0 Å². The Morgan fingerprint density at radius 1 is 0.875 bits per heavy atom. The van der Waals surface area contributed by atoms with Crippen molar-refractivity contribution in [2.24, 2.45) is 0 Å². The zero-order valence-corrected chi connectivity index (χ0v) is 9.50. The molecule has 1 nitrogen and oxygen atoms in total. The highest BCUT2D eigenvalue weighted by Crippen LogP contribution is 2.33. The average Bonchev–Trinajstić information content (AvgIpc) is 3.01. The Hall–Kier alpha value is -1.80. The summed E-state index contributed by atoms with van der Waals surface area (Å²) in [5.74, 6) is 0. The number of thiophene rings is 1. The van der Waals surface area contributed by atoms with Gasteiger partial charge in [0.2, 0.25) is 0 Å².